The van der Waals surface area contributed by atoms with Crippen LogP contribution >= 0.6 is 0 Å². The van der Waals surface area contributed by atoms with E-state index < -0.39 is 5.97 Å². The highest BCUT2D eigenvalue weighted by Gasteiger charge is 2.14. The molecule has 0 spiro atoms. The van der Waals surface area contributed by atoms with Crippen LogP contribution in [0.2, 0.25) is 0 Å². The molecule has 0 aliphatic carbocycles. The van der Waals surface area contributed by atoms with Gasteiger partial charge in [-0.05, 0) is 35.9 Å². The molecule has 0 atom stereocenters. The molecular weight excluding hydrogens is 336 g/mol. The molecule has 0 aliphatic rings. The Hall–Kier alpha value is -3.79. The lowest BCUT2D eigenvalue weighted by Gasteiger charge is -2.02. The first-order chi connectivity index (χ1) is 12.7. The fourth-order valence-electron chi connectivity index (χ4n) is 2.14. The molecule has 7 heteroatoms. The molecule has 130 valence electrons. The molecule has 0 unspecified atom stereocenters. The number of nitrogens with zero attached hydrogens (tertiary/aromatic N) is 2. The van der Waals surface area contributed by atoms with Crippen LogP contribution in [0.25, 0.3) is 17.6 Å². The number of esters is 1. The van der Waals surface area contributed by atoms with Gasteiger partial charge in [0, 0.05) is 6.07 Å². The van der Waals surface area contributed by atoms with Crippen LogP contribution in [-0.4, -0.2) is 18.2 Å². The number of carbonyl (C=O) groups excluding carboxylic acids is 1. The minimum Gasteiger partial charge on any atom is -0.497 e. The topological polar surface area (TPSA) is 98.5 Å². The molecule has 1 aromatic carbocycles. The van der Waals surface area contributed by atoms with E-state index in [-0.39, 0.29) is 12.2 Å². The second kappa shape index (κ2) is 7.85. The molecule has 0 saturated heterocycles. The van der Waals surface area contributed by atoms with Gasteiger partial charge >= 0.3 is 5.97 Å². The molecule has 3 aromatic rings. The SMILES string of the molecule is COc1ccc(/C=C(\C#N)C(=O)OCc2cc(-c3ccco3)on2)cc1. The summed E-state index contributed by atoms with van der Waals surface area (Å²) in [5.74, 6) is 0.884. The van der Waals surface area contributed by atoms with Crippen molar-refractivity contribution in [2.45, 2.75) is 6.61 Å². The number of benzene rings is 1. The zero-order chi connectivity index (χ0) is 18.4. The van der Waals surface area contributed by atoms with Crippen LogP contribution < -0.4 is 4.74 Å². The highest BCUT2D eigenvalue weighted by atomic mass is 16.5. The van der Waals surface area contributed by atoms with Gasteiger partial charge in [-0.3, -0.25) is 0 Å². The Labute approximate surface area is 149 Å². The van der Waals surface area contributed by atoms with Crippen molar-refractivity contribution in [2.75, 3.05) is 7.11 Å². The fraction of sp³-hybridized carbons (Fsp3) is 0.105. The maximum Gasteiger partial charge on any atom is 0.349 e. The molecule has 0 radical (unpaired) electrons. The van der Waals surface area contributed by atoms with Gasteiger partial charge in [-0.2, -0.15) is 5.26 Å². The molecule has 0 N–H and O–H groups in total. The highest BCUT2D eigenvalue weighted by molar-refractivity contribution is 5.97. The van der Waals surface area contributed by atoms with Gasteiger partial charge in [0.1, 0.15) is 29.7 Å². The van der Waals surface area contributed by atoms with Crippen LogP contribution in [-0.2, 0) is 16.1 Å². The first-order valence-corrected chi connectivity index (χ1v) is 7.62. The van der Waals surface area contributed by atoms with E-state index in [1.165, 1.54) is 12.3 Å². The minimum atomic E-state index is -0.745. The summed E-state index contributed by atoms with van der Waals surface area (Å²) in [5.41, 5.74) is 0.970. The van der Waals surface area contributed by atoms with Crippen molar-refractivity contribution in [3.05, 3.63) is 65.6 Å². The van der Waals surface area contributed by atoms with Gasteiger partial charge in [-0.25, -0.2) is 4.79 Å². The molecule has 2 heterocycles. The Morgan fingerprint density at radius 1 is 1.27 bits per heavy atom. The van der Waals surface area contributed by atoms with E-state index in [1.807, 2.05) is 6.07 Å². The average Bonchev–Trinajstić information content (AvgIpc) is 3.36. The fourth-order valence-corrected chi connectivity index (χ4v) is 2.14. The number of hydrogen-bond acceptors (Lipinski definition) is 7. The maximum absolute atomic E-state index is 12.1. The monoisotopic (exact) mass is 350 g/mol. The van der Waals surface area contributed by atoms with Crippen molar-refractivity contribution >= 4 is 12.0 Å². The third-order valence-electron chi connectivity index (χ3n) is 3.44. The first kappa shape index (κ1) is 17.0. The summed E-state index contributed by atoms with van der Waals surface area (Å²) in [7, 11) is 1.56. The van der Waals surface area contributed by atoms with Gasteiger partial charge in [-0.15, -0.1) is 0 Å². The molecule has 26 heavy (non-hydrogen) atoms. The van der Waals surface area contributed by atoms with E-state index in [1.54, 1.807) is 49.6 Å². The second-order valence-electron chi connectivity index (χ2n) is 5.18. The number of rotatable bonds is 6. The Balaban J connectivity index is 1.64. The first-order valence-electron chi connectivity index (χ1n) is 7.62. The highest BCUT2D eigenvalue weighted by Crippen LogP contribution is 2.21. The molecule has 0 aliphatic heterocycles. The normalized spacial score (nSPS) is 11.0. The van der Waals surface area contributed by atoms with E-state index in [0.29, 0.717) is 28.5 Å². The van der Waals surface area contributed by atoms with Crippen LogP contribution in [0.4, 0.5) is 0 Å². The molecule has 0 fully saturated rings. The van der Waals surface area contributed by atoms with Crippen molar-refractivity contribution in [2.24, 2.45) is 0 Å². The number of carbonyl (C=O) groups is 1. The number of nitriles is 1. The summed E-state index contributed by atoms with van der Waals surface area (Å²) >= 11 is 0. The van der Waals surface area contributed by atoms with Crippen LogP contribution in [0.1, 0.15) is 11.3 Å². The summed E-state index contributed by atoms with van der Waals surface area (Å²) in [6.07, 6.45) is 2.96. The zero-order valence-electron chi connectivity index (χ0n) is 13.8. The summed E-state index contributed by atoms with van der Waals surface area (Å²) < 4.78 is 20.5. The van der Waals surface area contributed by atoms with Crippen LogP contribution in [0, 0.1) is 11.3 Å². The lowest BCUT2D eigenvalue weighted by atomic mass is 10.1. The molecule has 3 rings (SSSR count). The largest absolute Gasteiger partial charge is 0.497 e. The van der Waals surface area contributed by atoms with Crippen molar-refractivity contribution < 1.29 is 23.2 Å². The molecule has 0 bridgehead atoms. The summed E-state index contributed by atoms with van der Waals surface area (Å²) in [5, 5.41) is 13.0. The second-order valence-corrected chi connectivity index (χ2v) is 5.18. The standard InChI is InChI=1S/C19H14N2O5/c1-23-16-6-4-13(5-7-16)9-14(11-20)19(22)25-12-15-10-18(26-21-15)17-3-2-8-24-17/h2-10H,12H2,1H3/b14-9+. The average molecular weight is 350 g/mol. The van der Waals surface area contributed by atoms with Gasteiger partial charge in [0.25, 0.3) is 0 Å². The van der Waals surface area contributed by atoms with Gasteiger partial charge < -0.3 is 18.4 Å². The predicted molar refractivity (Wildman–Crippen MR) is 90.6 cm³/mol. The van der Waals surface area contributed by atoms with Gasteiger partial charge in [0.15, 0.2) is 5.76 Å². The zero-order valence-corrected chi connectivity index (χ0v) is 13.8. The quantitative estimate of drug-likeness (QED) is 0.380. The number of hydrogen-bond donors (Lipinski definition) is 0. The van der Waals surface area contributed by atoms with Gasteiger partial charge in [0.2, 0.25) is 5.76 Å². The summed E-state index contributed by atoms with van der Waals surface area (Å²) in [6.45, 7) is -0.120. The third kappa shape index (κ3) is 3.99. The van der Waals surface area contributed by atoms with Crippen LogP contribution in [0.3, 0.4) is 0 Å². The third-order valence-corrected chi connectivity index (χ3v) is 3.44. The van der Waals surface area contributed by atoms with E-state index in [9.17, 15) is 10.1 Å². The van der Waals surface area contributed by atoms with E-state index >= 15 is 0 Å². The lowest BCUT2D eigenvalue weighted by molar-refractivity contribution is -0.139. The van der Waals surface area contributed by atoms with E-state index in [4.69, 9.17) is 18.4 Å². The summed E-state index contributed by atoms with van der Waals surface area (Å²) in [4.78, 5) is 12.1. The maximum atomic E-state index is 12.1. The van der Waals surface area contributed by atoms with E-state index in [0.717, 1.165) is 0 Å². The lowest BCUT2D eigenvalue weighted by Crippen LogP contribution is -2.07. The van der Waals surface area contributed by atoms with Gasteiger partial charge in [-0.1, -0.05) is 17.3 Å². The molecule has 0 saturated carbocycles. The minimum absolute atomic E-state index is 0.120. The molecule has 7 nitrogen and oxygen atoms in total. The van der Waals surface area contributed by atoms with Crippen LogP contribution in [0.15, 0.2) is 63.2 Å². The Morgan fingerprint density at radius 3 is 2.73 bits per heavy atom. The number of ether oxygens (including phenoxy) is 2. The predicted octanol–water partition coefficient (Wildman–Crippen LogP) is 3.59. The smallest absolute Gasteiger partial charge is 0.349 e. The Bertz CT molecular complexity index is 947. The molecule has 2 aromatic heterocycles. The van der Waals surface area contributed by atoms with Crippen molar-refractivity contribution in [1.82, 2.24) is 5.16 Å². The van der Waals surface area contributed by atoms with E-state index in [2.05, 4.69) is 5.16 Å². The van der Waals surface area contributed by atoms with Crippen molar-refractivity contribution in [1.29, 1.82) is 5.26 Å². The van der Waals surface area contributed by atoms with Crippen molar-refractivity contribution in [3.63, 3.8) is 0 Å². The Morgan fingerprint density at radius 2 is 2.08 bits per heavy atom. The van der Waals surface area contributed by atoms with Crippen LogP contribution in [0.5, 0.6) is 5.75 Å². The molecule has 0 amide bonds. The molecular formula is C19H14N2O5. The number of furan rings is 1. The summed E-state index contributed by atoms with van der Waals surface area (Å²) in [6, 6.07) is 13.8. The number of methoxy groups -OCH3 is 1. The number of aromatic nitrogens is 1. The van der Waals surface area contributed by atoms with Gasteiger partial charge in [0.05, 0.1) is 13.4 Å². The Kier molecular flexibility index (Phi) is 5.15. The van der Waals surface area contributed by atoms with Crippen molar-refractivity contribution in [3.8, 4) is 23.3 Å².